The molecule has 0 aliphatic carbocycles. The number of halogens is 1. The lowest BCUT2D eigenvalue weighted by molar-refractivity contribution is 1.27. The molecule has 0 N–H and O–H groups in total. The molecule has 0 bridgehead atoms. The largest absolute Gasteiger partial charge is 0.311 e. The molecule has 0 unspecified atom stereocenters. The zero-order chi connectivity index (χ0) is 37.6. The molecule has 0 aliphatic rings. The minimum atomic E-state index is 1.09. The summed E-state index contributed by atoms with van der Waals surface area (Å²) in [6, 6.07) is 66.9. The van der Waals surface area contributed by atoms with Gasteiger partial charge in [-0.05, 0) is 142 Å². The average Bonchev–Trinajstić information content (AvgIpc) is 3.23. The van der Waals surface area contributed by atoms with Crippen molar-refractivity contribution in [1.82, 2.24) is 0 Å². The van der Waals surface area contributed by atoms with Gasteiger partial charge >= 0.3 is 0 Å². The molecule has 0 aliphatic heterocycles. The van der Waals surface area contributed by atoms with Gasteiger partial charge in [-0.25, -0.2) is 0 Å². The third-order valence-corrected chi connectivity index (χ3v) is 10.7. The van der Waals surface area contributed by atoms with E-state index in [1.165, 1.54) is 21.9 Å². The third-order valence-electron chi connectivity index (χ3n) is 9.85. The lowest BCUT2D eigenvalue weighted by Gasteiger charge is -2.25. The molecule has 0 atom stereocenters. The van der Waals surface area contributed by atoms with Crippen LogP contribution in [0.15, 0.2) is 193 Å². The predicted molar refractivity (Wildman–Crippen MR) is 241 cm³/mol. The maximum absolute atomic E-state index is 3.92. The summed E-state index contributed by atoms with van der Waals surface area (Å²) in [6.07, 6.45) is 8.73. The number of aryl methyl sites for hydroxylation is 2. The maximum Gasteiger partial charge on any atom is 0.0462 e. The molecule has 8 rings (SSSR count). The fourth-order valence-electron chi connectivity index (χ4n) is 6.84. The van der Waals surface area contributed by atoms with Crippen LogP contribution in [-0.2, 0) is 0 Å². The Bertz CT molecular complexity index is 2570. The number of hydrogen-bond acceptors (Lipinski definition) is 2. The number of nitrogens with zero attached hydrogens (tertiary/aromatic N) is 2. The smallest absolute Gasteiger partial charge is 0.0462 e. The summed E-state index contributed by atoms with van der Waals surface area (Å²) in [6.45, 7) is 4.24. The quantitative estimate of drug-likeness (QED) is 0.128. The van der Waals surface area contributed by atoms with E-state index in [0.717, 1.165) is 60.9 Å². The van der Waals surface area contributed by atoms with Crippen molar-refractivity contribution in [3.63, 3.8) is 0 Å². The highest BCUT2D eigenvalue weighted by Crippen LogP contribution is 2.37. The van der Waals surface area contributed by atoms with Crippen LogP contribution in [0.25, 0.3) is 35.1 Å². The van der Waals surface area contributed by atoms with E-state index in [2.05, 4.69) is 252 Å². The summed E-state index contributed by atoms with van der Waals surface area (Å²) in [5.41, 5.74) is 13.9. The van der Waals surface area contributed by atoms with Gasteiger partial charge in [0.2, 0.25) is 0 Å². The van der Waals surface area contributed by atoms with Crippen LogP contribution in [-0.4, -0.2) is 0 Å². The van der Waals surface area contributed by atoms with Gasteiger partial charge < -0.3 is 9.80 Å². The zero-order valence-corrected chi connectivity index (χ0v) is 32.6. The van der Waals surface area contributed by atoms with Gasteiger partial charge in [-0.1, -0.05) is 145 Å². The van der Waals surface area contributed by atoms with Gasteiger partial charge in [0.1, 0.15) is 0 Å². The van der Waals surface area contributed by atoms with Crippen LogP contribution in [0.4, 0.5) is 34.1 Å². The summed E-state index contributed by atoms with van der Waals surface area (Å²) in [5.74, 6) is 0. The molecule has 2 nitrogen and oxygen atoms in total. The normalized spacial score (nSPS) is 11.4. The minimum absolute atomic E-state index is 1.09. The standard InChI is InChI=1S/C52H41BrN2/c1-38-13-28-47(29-14-38)54(45-9-5-3-6-10-45)49-32-20-40(21-33-49)17-18-42-24-36-51-44(37-42)27-26-43(52(51)53)25-19-41-22-34-50(35-23-41)55(46-11-7-4-8-12-46)48-30-15-39(2)16-31-48/h3-37H,1-2H3/b18-17-,25-19-. The predicted octanol–water partition coefficient (Wildman–Crippen LogP) is 15.5. The second kappa shape index (κ2) is 16.3. The number of para-hydroxylation sites is 2. The number of fused-ring (bicyclic) bond motifs is 1. The maximum atomic E-state index is 3.92. The summed E-state index contributed by atoms with van der Waals surface area (Å²) >= 11 is 3.92. The highest BCUT2D eigenvalue weighted by Gasteiger charge is 2.13. The molecule has 8 aromatic rings. The van der Waals surface area contributed by atoms with Crippen molar-refractivity contribution < 1.29 is 0 Å². The molecular weight excluding hydrogens is 732 g/mol. The van der Waals surface area contributed by atoms with Gasteiger partial charge in [-0.3, -0.25) is 0 Å². The van der Waals surface area contributed by atoms with E-state index >= 15 is 0 Å². The van der Waals surface area contributed by atoms with Gasteiger partial charge in [-0.15, -0.1) is 0 Å². The molecule has 0 radical (unpaired) electrons. The summed E-state index contributed by atoms with van der Waals surface area (Å²) < 4.78 is 1.09. The Labute approximate surface area is 333 Å². The Hall–Kier alpha value is -6.42. The SMILES string of the molecule is Cc1ccc(N(c2ccccc2)c2ccc(/C=C\c3ccc4c(Br)c(/C=C\c5ccc(N(c6ccccc6)c6ccc(C)cc6)cc5)ccc4c3)cc2)cc1. The second-order valence-corrected chi connectivity index (χ2v) is 14.6. The molecule has 3 heteroatoms. The Morgan fingerprint density at radius 3 is 1.22 bits per heavy atom. The molecule has 0 saturated heterocycles. The van der Waals surface area contributed by atoms with E-state index in [-0.39, 0.29) is 0 Å². The number of hydrogen-bond donors (Lipinski definition) is 0. The van der Waals surface area contributed by atoms with E-state index in [0.29, 0.717) is 0 Å². The van der Waals surface area contributed by atoms with E-state index in [9.17, 15) is 0 Å². The topological polar surface area (TPSA) is 6.48 Å². The molecule has 0 fully saturated rings. The first kappa shape index (κ1) is 35.6. The van der Waals surface area contributed by atoms with Crippen LogP contribution in [0.1, 0.15) is 33.4 Å². The molecule has 266 valence electrons. The lowest BCUT2D eigenvalue weighted by Crippen LogP contribution is -2.09. The Kier molecular flexibility index (Phi) is 10.6. The Morgan fingerprint density at radius 2 is 0.745 bits per heavy atom. The zero-order valence-electron chi connectivity index (χ0n) is 31.0. The fourth-order valence-corrected chi connectivity index (χ4v) is 7.47. The first-order valence-corrected chi connectivity index (χ1v) is 19.4. The molecule has 0 amide bonds. The number of rotatable bonds is 10. The van der Waals surface area contributed by atoms with E-state index in [4.69, 9.17) is 0 Å². The van der Waals surface area contributed by atoms with Crippen molar-refractivity contribution in [3.8, 4) is 0 Å². The van der Waals surface area contributed by atoms with E-state index in [1.807, 2.05) is 0 Å². The highest BCUT2D eigenvalue weighted by molar-refractivity contribution is 9.10. The number of anilines is 6. The molecule has 0 saturated carbocycles. The first-order valence-electron chi connectivity index (χ1n) is 18.6. The number of benzene rings is 8. The molecular formula is C52H41BrN2. The summed E-state index contributed by atoms with van der Waals surface area (Å²) in [5, 5.41) is 2.38. The highest BCUT2D eigenvalue weighted by atomic mass is 79.9. The van der Waals surface area contributed by atoms with Crippen molar-refractivity contribution in [2.45, 2.75) is 13.8 Å². The van der Waals surface area contributed by atoms with Crippen LogP contribution in [0.2, 0.25) is 0 Å². The Morgan fingerprint density at radius 1 is 0.364 bits per heavy atom. The van der Waals surface area contributed by atoms with Gasteiger partial charge in [0.05, 0.1) is 0 Å². The van der Waals surface area contributed by atoms with Crippen LogP contribution in [0.5, 0.6) is 0 Å². The minimum Gasteiger partial charge on any atom is -0.311 e. The van der Waals surface area contributed by atoms with Crippen LogP contribution in [0, 0.1) is 13.8 Å². The van der Waals surface area contributed by atoms with Gasteiger partial charge in [0.25, 0.3) is 0 Å². The Balaban J connectivity index is 0.974. The van der Waals surface area contributed by atoms with Crippen molar-refractivity contribution in [2.75, 3.05) is 9.80 Å². The molecule has 55 heavy (non-hydrogen) atoms. The molecule has 8 aromatic carbocycles. The second-order valence-electron chi connectivity index (χ2n) is 13.8. The molecule has 0 spiro atoms. The monoisotopic (exact) mass is 772 g/mol. The molecule has 0 aromatic heterocycles. The van der Waals surface area contributed by atoms with E-state index < -0.39 is 0 Å². The van der Waals surface area contributed by atoms with Crippen LogP contribution < -0.4 is 9.80 Å². The van der Waals surface area contributed by atoms with Gasteiger partial charge in [0, 0.05) is 38.6 Å². The van der Waals surface area contributed by atoms with Crippen molar-refractivity contribution in [2.24, 2.45) is 0 Å². The van der Waals surface area contributed by atoms with Crippen molar-refractivity contribution in [1.29, 1.82) is 0 Å². The van der Waals surface area contributed by atoms with Gasteiger partial charge in [0.15, 0.2) is 0 Å². The molecule has 0 heterocycles. The fraction of sp³-hybridized carbons (Fsp3) is 0.0385. The summed E-state index contributed by atoms with van der Waals surface area (Å²) in [7, 11) is 0. The first-order chi connectivity index (χ1) is 27.0. The third kappa shape index (κ3) is 8.23. The van der Waals surface area contributed by atoms with E-state index in [1.54, 1.807) is 0 Å². The lowest BCUT2D eigenvalue weighted by atomic mass is 10.0. The average molecular weight is 774 g/mol. The van der Waals surface area contributed by atoms with Crippen molar-refractivity contribution >= 4 is 85.1 Å². The van der Waals surface area contributed by atoms with Gasteiger partial charge in [-0.2, -0.15) is 0 Å². The summed E-state index contributed by atoms with van der Waals surface area (Å²) in [4.78, 5) is 4.58. The van der Waals surface area contributed by atoms with Crippen LogP contribution >= 0.6 is 15.9 Å². The van der Waals surface area contributed by atoms with Crippen LogP contribution in [0.3, 0.4) is 0 Å². The van der Waals surface area contributed by atoms with Crippen molar-refractivity contribution in [3.05, 3.63) is 226 Å².